The fraction of sp³-hybridized carbons (Fsp3) is 0.474. The Morgan fingerprint density at radius 1 is 1.07 bits per heavy atom. The third-order valence-corrected chi connectivity index (χ3v) is 4.94. The normalized spacial score (nSPS) is 13.8. The molecule has 0 unspecified atom stereocenters. The molecular formula is C19H24ClN3O5. The molecule has 0 saturated carbocycles. The Hall–Kier alpha value is -2.61. The molecular weight excluding hydrogens is 386 g/mol. The van der Waals surface area contributed by atoms with E-state index in [0.29, 0.717) is 36.9 Å². The van der Waals surface area contributed by atoms with Crippen molar-refractivity contribution in [3.8, 4) is 0 Å². The fourth-order valence-corrected chi connectivity index (χ4v) is 2.96. The number of halogens is 1. The van der Waals surface area contributed by atoms with Crippen LogP contribution in [-0.4, -0.2) is 66.3 Å². The fourth-order valence-electron chi connectivity index (χ4n) is 2.79. The standard InChI is InChI=1S/C19H24ClN3O5/c1-13-15(20)4-3-5-16(13)21-17(25)12-28-19(27)7-6-18(26)23-10-8-22(9-11-23)14(2)24/h3-5H,6-12H2,1-2H3,(H,21,25). The number of anilines is 1. The summed E-state index contributed by atoms with van der Waals surface area (Å²) >= 11 is 5.99. The van der Waals surface area contributed by atoms with Gasteiger partial charge in [-0.3, -0.25) is 19.2 Å². The Bertz CT molecular complexity index is 760. The largest absolute Gasteiger partial charge is 0.456 e. The van der Waals surface area contributed by atoms with Crippen LogP contribution in [0.25, 0.3) is 0 Å². The van der Waals surface area contributed by atoms with Gasteiger partial charge in [0.05, 0.1) is 6.42 Å². The van der Waals surface area contributed by atoms with E-state index in [1.54, 1.807) is 34.9 Å². The first-order valence-corrected chi connectivity index (χ1v) is 9.39. The molecule has 28 heavy (non-hydrogen) atoms. The topological polar surface area (TPSA) is 96.0 Å². The summed E-state index contributed by atoms with van der Waals surface area (Å²) in [6.07, 6.45) is -0.0941. The van der Waals surface area contributed by atoms with Crippen LogP contribution >= 0.6 is 11.6 Å². The van der Waals surface area contributed by atoms with E-state index >= 15 is 0 Å². The van der Waals surface area contributed by atoms with E-state index in [9.17, 15) is 19.2 Å². The van der Waals surface area contributed by atoms with Gasteiger partial charge in [-0.25, -0.2) is 0 Å². The van der Waals surface area contributed by atoms with E-state index in [4.69, 9.17) is 16.3 Å². The number of carbonyl (C=O) groups excluding carboxylic acids is 4. The van der Waals surface area contributed by atoms with Crippen LogP contribution < -0.4 is 5.32 Å². The number of hydrogen-bond donors (Lipinski definition) is 1. The Labute approximate surface area is 168 Å². The monoisotopic (exact) mass is 409 g/mol. The molecule has 1 heterocycles. The van der Waals surface area contributed by atoms with Gasteiger partial charge in [0, 0.05) is 50.2 Å². The lowest BCUT2D eigenvalue weighted by molar-refractivity contribution is -0.149. The van der Waals surface area contributed by atoms with Gasteiger partial charge < -0.3 is 19.9 Å². The van der Waals surface area contributed by atoms with Crippen molar-refractivity contribution in [2.24, 2.45) is 0 Å². The van der Waals surface area contributed by atoms with E-state index in [1.807, 2.05) is 0 Å². The summed E-state index contributed by atoms with van der Waals surface area (Å²) in [6.45, 7) is 4.73. The molecule has 0 spiro atoms. The molecule has 0 bridgehead atoms. The van der Waals surface area contributed by atoms with Crippen LogP contribution in [-0.2, 0) is 23.9 Å². The van der Waals surface area contributed by atoms with Gasteiger partial charge in [0.15, 0.2) is 6.61 Å². The van der Waals surface area contributed by atoms with Crippen LogP contribution in [0.1, 0.15) is 25.3 Å². The Balaban J connectivity index is 1.68. The summed E-state index contributed by atoms with van der Waals surface area (Å²) in [4.78, 5) is 50.5. The SMILES string of the molecule is CC(=O)N1CCN(C(=O)CCC(=O)OCC(=O)Nc2cccc(Cl)c2C)CC1. The zero-order chi connectivity index (χ0) is 20.7. The maximum atomic E-state index is 12.2. The second kappa shape index (κ2) is 10.1. The number of carbonyl (C=O) groups is 4. The molecule has 1 aliphatic rings. The van der Waals surface area contributed by atoms with Crippen LogP contribution in [0, 0.1) is 6.92 Å². The molecule has 9 heteroatoms. The summed E-state index contributed by atoms with van der Waals surface area (Å²) in [5.74, 6) is -1.28. The molecule has 152 valence electrons. The number of nitrogens with one attached hydrogen (secondary N) is 1. The molecule has 2 rings (SSSR count). The number of piperazine rings is 1. The minimum Gasteiger partial charge on any atom is -0.456 e. The van der Waals surface area contributed by atoms with Crippen molar-refractivity contribution in [3.63, 3.8) is 0 Å². The Morgan fingerprint density at radius 2 is 1.71 bits per heavy atom. The number of ether oxygens (including phenoxy) is 1. The van der Waals surface area contributed by atoms with Crippen molar-refractivity contribution in [1.29, 1.82) is 0 Å². The third-order valence-electron chi connectivity index (χ3n) is 4.53. The predicted molar refractivity (Wildman–Crippen MR) is 104 cm³/mol. The molecule has 8 nitrogen and oxygen atoms in total. The first kappa shape index (κ1) is 21.7. The molecule has 1 fully saturated rings. The van der Waals surface area contributed by atoms with E-state index in [1.165, 1.54) is 6.92 Å². The minimum atomic E-state index is -0.617. The van der Waals surface area contributed by atoms with Crippen molar-refractivity contribution in [2.45, 2.75) is 26.7 Å². The molecule has 3 amide bonds. The zero-order valence-electron chi connectivity index (χ0n) is 16.0. The number of esters is 1. The molecule has 0 aliphatic carbocycles. The highest BCUT2D eigenvalue weighted by Crippen LogP contribution is 2.22. The van der Waals surface area contributed by atoms with Gasteiger partial charge in [-0.2, -0.15) is 0 Å². The molecule has 0 aromatic heterocycles. The zero-order valence-corrected chi connectivity index (χ0v) is 16.8. The van der Waals surface area contributed by atoms with Crippen molar-refractivity contribution in [3.05, 3.63) is 28.8 Å². The summed E-state index contributed by atoms with van der Waals surface area (Å²) < 4.78 is 4.92. The smallest absolute Gasteiger partial charge is 0.306 e. The molecule has 0 atom stereocenters. The molecule has 1 aliphatic heterocycles. The first-order valence-electron chi connectivity index (χ1n) is 9.02. The quantitative estimate of drug-likeness (QED) is 0.720. The van der Waals surface area contributed by atoms with Gasteiger partial charge in [-0.1, -0.05) is 17.7 Å². The van der Waals surface area contributed by atoms with Crippen molar-refractivity contribution in [1.82, 2.24) is 9.80 Å². The number of amides is 3. The average Bonchev–Trinajstić information content (AvgIpc) is 2.68. The van der Waals surface area contributed by atoms with Crippen LogP contribution in [0.15, 0.2) is 18.2 Å². The summed E-state index contributed by atoms with van der Waals surface area (Å²) in [6, 6.07) is 5.12. The maximum absolute atomic E-state index is 12.2. The summed E-state index contributed by atoms with van der Waals surface area (Å²) in [5, 5.41) is 3.15. The van der Waals surface area contributed by atoms with Crippen molar-refractivity contribution in [2.75, 3.05) is 38.1 Å². The summed E-state index contributed by atoms with van der Waals surface area (Å²) in [5.41, 5.74) is 1.27. The molecule has 0 radical (unpaired) electrons. The lowest BCUT2D eigenvalue weighted by Crippen LogP contribution is -2.50. The van der Waals surface area contributed by atoms with Gasteiger partial charge in [0.1, 0.15) is 0 Å². The minimum absolute atomic E-state index is 0.00786. The van der Waals surface area contributed by atoms with E-state index < -0.39 is 18.5 Å². The molecule has 1 aromatic carbocycles. The molecule has 1 saturated heterocycles. The lowest BCUT2D eigenvalue weighted by atomic mass is 10.2. The average molecular weight is 410 g/mol. The van der Waals surface area contributed by atoms with Crippen molar-refractivity contribution >= 4 is 41.0 Å². The first-order chi connectivity index (χ1) is 13.3. The van der Waals surface area contributed by atoms with Gasteiger partial charge in [-0.15, -0.1) is 0 Å². The van der Waals surface area contributed by atoms with Crippen LogP contribution in [0.4, 0.5) is 5.69 Å². The Kier molecular flexibility index (Phi) is 7.80. The van der Waals surface area contributed by atoms with Crippen LogP contribution in [0.5, 0.6) is 0 Å². The van der Waals surface area contributed by atoms with E-state index in [-0.39, 0.29) is 24.7 Å². The highest BCUT2D eigenvalue weighted by Gasteiger charge is 2.22. The van der Waals surface area contributed by atoms with Gasteiger partial charge in [-0.05, 0) is 24.6 Å². The molecule has 1 N–H and O–H groups in total. The summed E-state index contributed by atoms with van der Waals surface area (Å²) in [7, 11) is 0. The number of nitrogens with zero attached hydrogens (tertiary/aromatic N) is 2. The van der Waals surface area contributed by atoms with Gasteiger partial charge in [0.25, 0.3) is 5.91 Å². The number of hydrogen-bond acceptors (Lipinski definition) is 5. The van der Waals surface area contributed by atoms with Crippen LogP contribution in [0.3, 0.4) is 0 Å². The second-order valence-electron chi connectivity index (χ2n) is 6.51. The predicted octanol–water partition coefficient (Wildman–Crippen LogP) is 1.60. The van der Waals surface area contributed by atoms with E-state index in [2.05, 4.69) is 5.32 Å². The van der Waals surface area contributed by atoms with Gasteiger partial charge >= 0.3 is 5.97 Å². The van der Waals surface area contributed by atoms with Crippen molar-refractivity contribution < 1.29 is 23.9 Å². The maximum Gasteiger partial charge on any atom is 0.306 e. The van der Waals surface area contributed by atoms with E-state index in [0.717, 1.165) is 5.56 Å². The number of benzene rings is 1. The third kappa shape index (κ3) is 6.23. The second-order valence-corrected chi connectivity index (χ2v) is 6.92. The highest BCUT2D eigenvalue weighted by atomic mass is 35.5. The van der Waals surface area contributed by atoms with Crippen LogP contribution in [0.2, 0.25) is 5.02 Å². The van der Waals surface area contributed by atoms with Gasteiger partial charge in [0.2, 0.25) is 11.8 Å². The lowest BCUT2D eigenvalue weighted by Gasteiger charge is -2.34. The molecule has 1 aromatic rings. The highest BCUT2D eigenvalue weighted by molar-refractivity contribution is 6.31. The number of rotatable bonds is 6. The Morgan fingerprint density at radius 3 is 2.36 bits per heavy atom.